The maximum Gasteiger partial charge on any atom is 0.448 e. The third kappa shape index (κ3) is 5.33. The number of hydrogen-bond donors (Lipinski definition) is 5. The molecule has 1 aromatic rings. The predicted octanol–water partition coefficient (Wildman–Crippen LogP) is 1.85. The van der Waals surface area contributed by atoms with Crippen LogP contribution in [0, 0.1) is 5.92 Å². The normalized spacial score (nSPS) is 21.3. The highest BCUT2D eigenvalue weighted by molar-refractivity contribution is 7.50. The van der Waals surface area contributed by atoms with Gasteiger partial charge in [-0.3, -0.25) is 0 Å². The van der Waals surface area contributed by atoms with E-state index in [1.54, 1.807) is 12.1 Å². The van der Waals surface area contributed by atoms with Gasteiger partial charge in [0, 0.05) is 5.92 Å². The molecule has 0 saturated heterocycles. The number of hydrogen-bond acceptors (Lipinski definition) is 4. The van der Waals surface area contributed by atoms with Gasteiger partial charge in [-0.15, -0.1) is 0 Å². The van der Waals surface area contributed by atoms with Crippen molar-refractivity contribution in [3.05, 3.63) is 53.8 Å². The molecular weight excluding hydrogens is 321 g/mol. The molecule has 0 aliphatic heterocycles. The molecule has 1 aliphatic rings. The summed E-state index contributed by atoms with van der Waals surface area (Å²) < 4.78 is 14.4. The molecule has 2 unspecified atom stereocenters. The van der Waals surface area contributed by atoms with Gasteiger partial charge in [0.1, 0.15) is 11.5 Å². The Morgan fingerprint density at radius 1 is 1.13 bits per heavy atom. The van der Waals surface area contributed by atoms with Crippen molar-refractivity contribution in [2.45, 2.75) is 18.9 Å². The minimum absolute atomic E-state index is 0.0225. The molecule has 0 spiro atoms. The molecule has 0 amide bonds. The Labute approximate surface area is 133 Å². The highest BCUT2D eigenvalue weighted by Crippen LogP contribution is 2.38. The fraction of sp³-hybridized carbons (Fsp3) is 0.267. The first-order valence-electron chi connectivity index (χ1n) is 6.95. The molecule has 124 valence electrons. The van der Waals surface area contributed by atoms with Crippen LogP contribution < -0.4 is 0 Å². The number of aromatic hydroxyl groups is 1. The fourth-order valence-corrected chi connectivity index (χ4v) is 2.82. The SMILES string of the molecule is O=P(O)(O)N=C1C=CC(O)=CC1C(O)CCc1ccc(O)cc1. The second-order valence-electron chi connectivity index (χ2n) is 5.26. The number of rotatable bonds is 5. The summed E-state index contributed by atoms with van der Waals surface area (Å²) in [4.78, 5) is 17.9. The van der Waals surface area contributed by atoms with Gasteiger partial charge in [-0.2, -0.15) is 4.76 Å². The molecular formula is C15H18NO6P. The van der Waals surface area contributed by atoms with Gasteiger partial charge in [0.05, 0.1) is 11.8 Å². The summed E-state index contributed by atoms with van der Waals surface area (Å²) in [6.45, 7) is 0. The van der Waals surface area contributed by atoms with Gasteiger partial charge < -0.3 is 25.1 Å². The van der Waals surface area contributed by atoms with Crippen molar-refractivity contribution >= 4 is 13.5 Å². The summed E-state index contributed by atoms with van der Waals surface area (Å²) >= 11 is 0. The lowest BCUT2D eigenvalue weighted by atomic mass is 9.89. The molecule has 23 heavy (non-hydrogen) atoms. The first kappa shape index (κ1) is 17.4. The Morgan fingerprint density at radius 2 is 1.78 bits per heavy atom. The number of phenols is 1. The highest BCUT2D eigenvalue weighted by atomic mass is 31.2. The summed E-state index contributed by atoms with van der Waals surface area (Å²) in [5, 5.41) is 29.1. The highest BCUT2D eigenvalue weighted by Gasteiger charge is 2.26. The molecule has 0 aromatic heterocycles. The number of aliphatic hydroxyl groups is 2. The Kier molecular flexibility index (Phi) is 5.38. The lowest BCUT2D eigenvalue weighted by Gasteiger charge is -2.23. The Balaban J connectivity index is 2.10. The monoisotopic (exact) mass is 339 g/mol. The van der Waals surface area contributed by atoms with Gasteiger partial charge in [0.2, 0.25) is 0 Å². The molecule has 5 N–H and O–H groups in total. The predicted molar refractivity (Wildman–Crippen MR) is 85.3 cm³/mol. The molecule has 0 radical (unpaired) electrons. The van der Waals surface area contributed by atoms with Crippen molar-refractivity contribution in [3.8, 4) is 5.75 Å². The zero-order valence-electron chi connectivity index (χ0n) is 12.1. The molecule has 0 heterocycles. The van der Waals surface area contributed by atoms with Crippen LogP contribution in [-0.2, 0) is 11.0 Å². The van der Waals surface area contributed by atoms with Crippen LogP contribution in [0.4, 0.5) is 0 Å². The summed E-state index contributed by atoms with van der Waals surface area (Å²) in [5.41, 5.74) is 0.921. The van der Waals surface area contributed by atoms with Crippen molar-refractivity contribution in [1.29, 1.82) is 0 Å². The molecule has 7 nitrogen and oxygen atoms in total. The van der Waals surface area contributed by atoms with Crippen molar-refractivity contribution in [3.63, 3.8) is 0 Å². The zero-order chi connectivity index (χ0) is 17.0. The molecule has 0 bridgehead atoms. The van der Waals surface area contributed by atoms with E-state index >= 15 is 0 Å². The number of phenolic OH excluding ortho intramolecular Hbond substituents is 1. The second kappa shape index (κ2) is 7.10. The van der Waals surface area contributed by atoms with E-state index in [1.165, 1.54) is 30.4 Å². The van der Waals surface area contributed by atoms with Crippen molar-refractivity contribution < 1.29 is 29.7 Å². The Bertz CT molecular complexity index is 688. The number of allylic oxidation sites excluding steroid dienone is 2. The third-order valence-corrected chi connectivity index (χ3v) is 3.93. The lowest BCUT2D eigenvalue weighted by Crippen LogP contribution is -2.28. The third-order valence-electron chi connectivity index (χ3n) is 3.44. The fourth-order valence-electron chi connectivity index (χ4n) is 2.32. The van der Waals surface area contributed by atoms with E-state index in [0.717, 1.165) is 5.56 Å². The minimum atomic E-state index is -4.63. The number of benzene rings is 1. The Hall–Kier alpha value is -1.92. The van der Waals surface area contributed by atoms with Crippen LogP contribution in [0.15, 0.2) is 53.0 Å². The first-order valence-corrected chi connectivity index (χ1v) is 8.51. The first-order chi connectivity index (χ1) is 10.7. The van der Waals surface area contributed by atoms with Crippen LogP contribution in [0.3, 0.4) is 0 Å². The molecule has 2 rings (SSSR count). The van der Waals surface area contributed by atoms with Crippen molar-refractivity contribution in [2.24, 2.45) is 10.7 Å². The number of aliphatic hydroxyl groups excluding tert-OH is 2. The zero-order valence-corrected chi connectivity index (χ0v) is 13.0. The average molecular weight is 339 g/mol. The van der Waals surface area contributed by atoms with Crippen LogP contribution >= 0.6 is 7.75 Å². The van der Waals surface area contributed by atoms with E-state index in [2.05, 4.69) is 4.76 Å². The van der Waals surface area contributed by atoms with Crippen molar-refractivity contribution in [2.75, 3.05) is 0 Å². The van der Waals surface area contributed by atoms with Crippen LogP contribution in [0.5, 0.6) is 5.75 Å². The Morgan fingerprint density at radius 3 is 2.39 bits per heavy atom. The van der Waals surface area contributed by atoms with Gasteiger partial charge in [-0.1, -0.05) is 12.1 Å². The lowest BCUT2D eigenvalue weighted by molar-refractivity contribution is 0.144. The van der Waals surface area contributed by atoms with E-state index in [4.69, 9.17) is 9.79 Å². The largest absolute Gasteiger partial charge is 0.508 e. The molecule has 1 aliphatic carbocycles. The van der Waals surface area contributed by atoms with E-state index in [9.17, 15) is 19.9 Å². The molecule has 1 aromatic carbocycles. The van der Waals surface area contributed by atoms with Gasteiger partial charge in [-0.05, 0) is 48.8 Å². The molecule has 8 heteroatoms. The van der Waals surface area contributed by atoms with Gasteiger partial charge >= 0.3 is 7.75 Å². The quantitative estimate of drug-likeness (QED) is 0.520. The summed E-state index contributed by atoms with van der Waals surface area (Å²) in [6.07, 6.45) is 3.68. The smallest absolute Gasteiger partial charge is 0.448 e. The van der Waals surface area contributed by atoms with Crippen LogP contribution in [-0.4, -0.2) is 36.9 Å². The van der Waals surface area contributed by atoms with E-state index in [-0.39, 0.29) is 17.2 Å². The second-order valence-corrected chi connectivity index (χ2v) is 6.49. The van der Waals surface area contributed by atoms with E-state index < -0.39 is 19.8 Å². The molecule has 2 atom stereocenters. The summed E-state index contributed by atoms with van der Waals surface area (Å²) in [5.74, 6) is -0.747. The van der Waals surface area contributed by atoms with Crippen LogP contribution in [0.2, 0.25) is 0 Å². The van der Waals surface area contributed by atoms with Crippen molar-refractivity contribution in [1.82, 2.24) is 0 Å². The molecule has 0 fully saturated rings. The summed E-state index contributed by atoms with van der Waals surface area (Å²) in [7, 11) is -4.63. The topological polar surface area (TPSA) is 131 Å². The van der Waals surface area contributed by atoms with Gasteiger partial charge in [0.25, 0.3) is 0 Å². The number of nitrogens with zero attached hydrogens (tertiary/aromatic N) is 1. The minimum Gasteiger partial charge on any atom is -0.508 e. The van der Waals surface area contributed by atoms with Gasteiger partial charge in [-0.25, -0.2) is 4.57 Å². The molecule has 0 saturated carbocycles. The summed E-state index contributed by atoms with van der Waals surface area (Å²) in [6, 6.07) is 6.52. The standard InChI is InChI=1S/C15H18NO6P/c17-11-4-1-10(2-5-11)3-8-15(19)13-9-12(18)6-7-14(13)16-23(20,21)22/h1-2,4-7,9,13,15,17-19H,3,8H2,(H2,20,21,22). The van der Waals surface area contributed by atoms with Crippen LogP contribution in [0.1, 0.15) is 12.0 Å². The van der Waals surface area contributed by atoms with Crippen LogP contribution in [0.25, 0.3) is 0 Å². The van der Waals surface area contributed by atoms with Gasteiger partial charge in [0.15, 0.2) is 0 Å². The number of aryl methyl sites for hydroxylation is 1. The van der Waals surface area contributed by atoms with E-state index in [0.29, 0.717) is 12.8 Å². The maximum atomic E-state index is 11.0. The van der Waals surface area contributed by atoms with E-state index in [1.807, 2.05) is 0 Å². The maximum absolute atomic E-state index is 11.0. The average Bonchev–Trinajstić information content (AvgIpc) is 2.47.